The van der Waals surface area contributed by atoms with Gasteiger partial charge in [0.1, 0.15) is 17.5 Å². The summed E-state index contributed by atoms with van der Waals surface area (Å²) in [4.78, 5) is 11.7. The van der Waals surface area contributed by atoms with Gasteiger partial charge in [0.25, 0.3) is 0 Å². The molecule has 1 aliphatic heterocycles. The van der Waals surface area contributed by atoms with E-state index in [9.17, 15) is 5.11 Å². The maximum atomic E-state index is 9.28. The molecule has 0 radical (unpaired) electrons. The van der Waals surface area contributed by atoms with Crippen molar-refractivity contribution in [3.8, 4) is 0 Å². The average molecular weight is 262 g/mol. The van der Waals surface area contributed by atoms with Crippen molar-refractivity contribution in [1.82, 2.24) is 9.97 Å². The Morgan fingerprint density at radius 3 is 2.68 bits per heavy atom. The summed E-state index contributed by atoms with van der Waals surface area (Å²) in [7, 11) is 1.91. The molecule has 1 saturated heterocycles. The maximum absolute atomic E-state index is 9.28. The molecule has 5 nitrogen and oxygen atoms in total. The first kappa shape index (κ1) is 12.7. The van der Waals surface area contributed by atoms with Crippen LogP contribution in [0.2, 0.25) is 0 Å². The van der Waals surface area contributed by atoms with Crippen LogP contribution in [0.25, 0.3) is 0 Å². The van der Waals surface area contributed by atoms with Crippen molar-refractivity contribution < 1.29 is 5.11 Å². The van der Waals surface area contributed by atoms with Gasteiger partial charge in [0.05, 0.1) is 0 Å². The minimum atomic E-state index is 0.273. The van der Waals surface area contributed by atoms with Gasteiger partial charge in [-0.05, 0) is 26.2 Å². The van der Waals surface area contributed by atoms with Crippen LogP contribution in [0.4, 0.5) is 11.6 Å². The van der Waals surface area contributed by atoms with E-state index in [0.29, 0.717) is 11.8 Å². The molecular formula is C14H22N4O. The Bertz CT molecular complexity index is 473. The minimum Gasteiger partial charge on any atom is -0.396 e. The van der Waals surface area contributed by atoms with Crippen molar-refractivity contribution >= 4 is 11.6 Å². The van der Waals surface area contributed by atoms with Gasteiger partial charge in [0, 0.05) is 44.1 Å². The fourth-order valence-electron chi connectivity index (χ4n) is 2.77. The first-order chi connectivity index (χ1) is 9.22. The Morgan fingerprint density at radius 2 is 2.11 bits per heavy atom. The Labute approximate surface area is 114 Å². The third-order valence-corrected chi connectivity index (χ3v) is 4.16. The average Bonchev–Trinajstić information content (AvgIpc) is 3.17. The van der Waals surface area contributed by atoms with Gasteiger partial charge < -0.3 is 15.3 Å². The molecule has 2 N–H and O–H groups in total. The molecule has 0 amide bonds. The summed E-state index contributed by atoms with van der Waals surface area (Å²) in [5.41, 5.74) is 1.12. The second-order valence-electron chi connectivity index (χ2n) is 5.69. The zero-order valence-electron chi connectivity index (χ0n) is 11.7. The van der Waals surface area contributed by atoms with Crippen LogP contribution in [0.15, 0.2) is 0 Å². The molecule has 19 heavy (non-hydrogen) atoms. The molecule has 1 unspecified atom stereocenters. The Kier molecular flexibility index (Phi) is 3.31. The number of hydrogen-bond donors (Lipinski definition) is 2. The van der Waals surface area contributed by atoms with Crippen molar-refractivity contribution in [1.29, 1.82) is 0 Å². The van der Waals surface area contributed by atoms with Crippen LogP contribution >= 0.6 is 0 Å². The molecule has 1 aromatic rings. The van der Waals surface area contributed by atoms with Crippen LogP contribution in [0.3, 0.4) is 0 Å². The fourth-order valence-corrected chi connectivity index (χ4v) is 2.77. The number of aliphatic hydroxyl groups is 1. The first-order valence-electron chi connectivity index (χ1n) is 7.15. The van der Waals surface area contributed by atoms with Gasteiger partial charge in [-0.25, -0.2) is 9.97 Å². The lowest BCUT2D eigenvalue weighted by atomic mass is 10.1. The number of aromatic nitrogens is 2. The van der Waals surface area contributed by atoms with E-state index in [1.807, 2.05) is 7.05 Å². The van der Waals surface area contributed by atoms with Crippen LogP contribution in [-0.4, -0.2) is 41.8 Å². The van der Waals surface area contributed by atoms with E-state index in [0.717, 1.165) is 42.5 Å². The molecule has 1 saturated carbocycles. The molecule has 0 aromatic carbocycles. The lowest BCUT2D eigenvalue weighted by Gasteiger charge is -2.21. The summed E-state index contributed by atoms with van der Waals surface area (Å²) < 4.78 is 0. The van der Waals surface area contributed by atoms with Gasteiger partial charge in [-0.15, -0.1) is 0 Å². The van der Waals surface area contributed by atoms with Gasteiger partial charge in [0.2, 0.25) is 0 Å². The van der Waals surface area contributed by atoms with E-state index >= 15 is 0 Å². The number of aliphatic hydroxyl groups excluding tert-OH is 1. The van der Waals surface area contributed by atoms with Crippen LogP contribution in [0.5, 0.6) is 0 Å². The van der Waals surface area contributed by atoms with Crippen LogP contribution < -0.4 is 10.2 Å². The van der Waals surface area contributed by atoms with E-state index in [1.54, 1.807) is 0 Å². The highest BCUT2D eigenvalue weighted by molar-refractivity contribution is 5.59. The van der Waals surface area contributed by atoms with Crippen molar-refractivity contribution in [2.45, 2.75) is 32.1 Å². The molecule has 0 spiro atoms. The highest BCUT2D eigenvalue weighted by atomic mass is 16.3. The lowest BCUT2D eigenvalue weighted by Crippen LogP contribution is -2.24. The molecule has 2 aliphatic rings. The summed E-state index contributed by atoms with van der Waals surface area (Å²) in [6, 6.07) is 0. The SMILES string of the molecule is CNc1nc(C2CC2)nc(N2CCC(CO)C2)c1C. The predicted octanol–water partition coefficient (Wildman–Crippen LogP) is 1.52. The van der Waals surface area contributed by atoms with Crippen molar-refractivity contribution in [2.24, 2.45) is 5.92 Å². The molecule has 2 fully saturated rings. The summed E-state index contributed by atoms with van der Waals surface area (Å²) in [5, 5.41) is 12.5. The maximum Gasteiger partial charge on any atom is 0.137 e. The van der Waals surface area contributed by atoms with Gasteiger partial charge in [-0.1, -0.05) is 0 Å². The molecule has 104 valence electrons. The fraction of sp³-hybridized carbons (Fsp3) is 0.714. The van der Waals surface area contributed by atoms with Gasteiger partial charge in [-0.2, -0.15) is 0 Å². The predicted molar refractivity (Wildman–Crippen MR) is 75.7 cm³/mol. The minimum absolute atomic E-state index is 0.273. The number of nitrogens with one attached hydrogen (secondary N) is 1. The molecule has 5 heteroatoms. The normalized spacial score (nSPS) is 22.9. The van der Waals surface area contributed by atoms with E-state index in [2.05, 4.69) is 22.1 Å². The summed E-state index contributed by atoms with van der Waals surface area (Å²) in [6.45, 7) is 4.23. The van der Waals surface area contributed by atoms with Crippen molar-refractivity contribution in [2.75, 3.05) is 37.0 Å². The Hall–Kier alpha value is -1.36. The molecule has 1 aliphatic carbocycles. The largest absolute Gasteiger partial charge is 0.396 e. The number of anilines is 2. The first-order valence-corrected chi connectivity index (χ1v) is 7.15. The zero-order valence-corrected chi connectivity index (χ0v) is 11.7. The van der Waals surface area contributed by atoms with E-state index in [-0.39, 0.29) is 6.61 Å². The van der Waals surface area contributed by atoms with E-state index in [1.165, 1.54) is 12.8 Å². The Morgan fingerprint density at radius 1 is 1.32 bits per heavy atom. The number of hydrogen-bond acceptors (Lipinski definition) is 5. The highest BCUT2D eigenvalue weighted by Crippen LogP contribution is 2.40. The van der Waals surface area contributed by atoms with Crippen LogP contribution in [0.1, 0.15) is 36.6 Å². The zero-order chi connectivity index (χ0) is 13.4. The summed E-state index contributed by atoms with van der Waals surface area (Å²) in [5.74, 6) is 3.92. The molecular weight excluding hydrogens is 240 g/mol. The van der Waals surface area contributed by atoms with Crippen molar-refractivity contribution in [3.05, 3.63) is 11.4 Å². The molecule has 2 heterocycles. The van der Waals surface area contributed by atoms with Gasteiger partial charge in [-0.3, -0.25) is 0 Å². The smallest absolute Gasteiger partial charge is 0.137 e. The van der Waals surface area contributed by atoms with E-state index < -0.39 is 0 Å². The second-order valence-corrected chi connectivity index (χ2v) is 5.69. The van der Waals surface area contributed by atoms with Crippen molar-refractivity contribution in [3.63, 3.8) is 0 Å². The monoisotopic (exact) mass is 262 g/mol. The summed E-state index contributed by atoms with van der Waals surface area (Å²) in [6.07, 6.45) is 3.48. The quantitative estimate of drug-likeness (QED) is 0.861. The molecule has 1 atom stereocenters. The van der Waals surface area contributed by atoms with Gasteiger partial charge >= 0.3 is 0 Å². The number of rotatable bonds is 4. The Balaban J connectivity index is 1.92. The molecule has 3 rings (SSSR count). The topological polar surface area (TPSA) is 61.3 Å². The second kappa shape index (κ2) is 4.96. The highest BCUT2D eigenvalue weighted by Gasteiger charge is 2.30. The van der Waals surface area contributed by atoms with Gasteiger partial charge in [0.15, 0.2) is 0 Å². The van der Waals surface area contributed by atoms with E-state index in [4.69, 9.17) is 4.98 Å². The number of nitrogens with zero attached hydrogens (tertiary/aromatic N) is 3. The third-order valence-electron chi connectivity index (χ3n) is 4.16. The lowest BCUT2D eigenvalue weighted by molar-refractivity contribution is 0.238. The van der Waals surface area contributed by atoms with Crippen LogP contribution in [0, 0.1) is 12.8 Å². The summed E-state index contributed by atoms with van der Waals surface area (Å²) >= 11 is 0. The van der Waals surface area contributed by atoms with Crippen LogP contribution in [-0.2, 0) is 0 Å². The standard InChI is InChI=1S/C14H22N4O/c1-9-12(15-2)16-13(11-3-4-11)17-14(9)18-6-5-10(7-18)8-19/h10-11,19H,3-8H2,1-2H3,(H,15,16,17). The molecule has 1 aromatic heterocycles. The third kappa shape index (κ3) is 2.39. The molecule has 0 bridgehead atoms.